The van der Waals surface area contributed by atoms with Crippen molar-refractivity contribution in [2.24, 2.45) is 5.73 Å². The van der Waals surface area contributed by atoms with Gasteiger partial charge in [0.15, 0.2) is 0 Å². The van der Waals surface area contributed by atoms with E-state index in [0.29, 0.717) is 23.9 Å². The molecule has 1 atom stereocenters. The molecule has 0 aliphatic carbocycles. The highest BCUT2D eigenvalue weighted by atomic mass is 32.1. The number of hydrogen-bond acceptors (Lipinski definition) is 7. The topological polar surface area (TPSA) is 146 Å². The number of hydrogen-bond donors (Lipinski definition) is 3. The summed E-state index contributed by atoms with van der Waals surface area (Å²) in [6.07, 6.45) is 6.60. The molecule has 194 valence electrons. The van der Waals surface area contributed by atoms with Crippen LogP contribution in [0.25, 0.3) is 21.5 Å². The lowest BCUT2D eigenvalue weighted by molar-refractivity contribution is -0.127. The number of nitrogens with one attached hydrogen (secondary N) is 2. The van der Waals surface area contributed by atoms with Crippen molar-refractivity contribution in [1.82, 2.24) is 24.6 Å². The molecule has 0 spiro atoms. The first-order chi connectivity index (χ1) is 18.2. The standard InChI is InChI=1S/C27H28N8O2S/c1-27(2,29)12-17(13-28)25(37)34-11-5-6-19(34)16-35-21-8-4-3-7-20(21)32-26(35)33-24(36)23-10-9-22(38-23)18-14-30-31-15-18/h3-4,7-10,12,14-15,19H,5-6,11,16,29H2,1-2H3,(H,30,31)(H,32,33,36)/t19-/m0/s1. The number of H-pyrrole nitrogens is 1. The summed E-state index contributed by atoms with van der Waals surface area (Å²) < 4.78 is 1.94. The van der Waals surface area contributed by atoms with Gasteiger partial charge in [0.25, 0.3) is 11.8 Å². The summed E-state index contributed by atoms with van der Waals surface area (Å²) in [4.78, 5) is 34.4. The monoisotopic (exact) mass is 528 g/mol. The molecule has 0 bridgehead atoms. The smallest absolute Gasteiger partial charge is 0.268 e. The normalized spacial score (nSPS) is 16.1. The Balaban J connectivity index is 1.41. The number of carbonyl (C=O) groups is 2. The summed E-state index contributed by atoms with van der Waals surface area (Å²) in [5, 5.41) is 19.4. The fourth-order valence-corrected chi connectivity index (χ4v) is 5.57. The van der Waals surface area contributed by atoms with Crippen molar-refractivity contribution in [3.63, 3.8) is 0 Å². The van der Waals surface area contributed by atoms with Crippen molar-refractivity contribution in [2.75, 3.05) is 11.9 Å². The van der Waals surface area contributed by atoms with E-state index in [4.69, 9.17) is 5.73 Å². The molecule has 10 nitrogen and oxygen atoms in total. The number of rotatable bonds is 7. The molecule has 4 aromatic rings. The summed E-state index contributed by atoms with van der Waals surface area (Å²) in [6.45, 7) is 4.47. The molecule has 0 radical (unpaired) electrons. The van der Waals surface area contributed by atoms with Gasteiger partial charge in [-0.15, -0.1) is 11.3 Å². The minimum atomic E-state index is -0.785. The minimum absolute atomic E-state index is 0.0412. The van der Waals surface area contributed by atoms with Crippen LogP contribution < -0.4 is 11.1 Å². The number of imidazole rings is 1. The van der Waals surface area contributed by atoms with E-state index in [2.05, 4.69) is 20.5 Å². The Labute approximate surface area is 223 Å². The van der Waals surface area contributed by atoms with Crippen molar-refractivity contribution in [3.8, 4) is 16.5 Å². The average Bonchev–Trinajstić information content (AvgIpc) is 3.69. The van der Waals surface area contributed by atoms with E-state index in [0.717, 1.165) is 34.3 Å². The molecule has 1 saturated heterocycles. The summed E-state index contributed by atoms with van der Waals surface area (Å²) >= 11 is 1.37. The van der Waals surface area contributed by atoms with Crippen LogP contribution in [0.5, 0.6) is 0 Å². The zero-order valence-corrected chi connectivity index (χ0v) is 22.0. The summed E-state index contributed by atoms with van der Waals surface area (Å²) in [5.74, 6) is -0.178. The molecule has 1 aromatic carbocycles. The first-order valence-corrected chi connectivity index (χ1v) is 13.1. The number of anilines is 1. The number of para-hydroxylation sites is 2. The van der Waals surface area contributed by atoms with E-state index >= 15 is 0 Å². The number of aromatic nitrogens is 4. The highest BCUT2D eigenvalue weighted by Crippen LogP contribution is 2.29. The van der Waals surface area contributed by atoms with E-state index < -0.39 is 5.54 Å². The van der Waals surface area contributed by atoms with Crippen LogP contribution in [0, 0.1) is 11.3 Å². The molecule has 1 fully saturated rings. The SMILES string of the molecule is CC(C)(N)C=C(C#N)C(=O)N1CCC[C@H]1Cn1c(NC(=O)c2ccc(-c3cn[nH]c3)s2)nc2ccccc21. The fraction of sp³-hybridized carbons (Fsp3) is 0.296. The van der Waals surface area contributed by atoms with Gasteiger partial charge in [-0.3, -0.25) is 20.0 Å². The highest BCUT2D eigenvalue weighted by molar-refractivity contribution is 7.17. The Morgan fingerprint density at radius 3 is 2.87 bits per heavy atom. The zero-order chi connectivity index (χ0) is 26.9. The Morgan fingerprint density at radius 2 is 2.13 bits per heavy atom. The van der Waals surface area contributed by atoms with Gasteiger partial charge in [-0.05, 0) is 57.0 Å². The van der Waals surface area contributed by atoms with Gasteiger partial charge in [0.2, 0.25) is 5.95 Å². The predicted octanol–water partition coefficient (Wildman–Crippen LogP) is 3.92. The Hall–Kier alpha value is -4.27. The molecule has 11 heteroatoms. The maximum absolute atomic E-state index is 13.3. The number of aromatic amines is 1. The lowest BCUT2D eigenvalue weighted by atomic mass is 10.0. The molecule has 4 N–H and O–H groups in total. The third kappa shape index (κ3) is 5.22. The molecule has 0 saturated carbocycles. The molecule has 1 aliphatic rings. The van der Waals surface area contributed by atoms with Gasteiger partial charge in [0, 0.05) is 35.3 Å². The van der Waals surface area contributed by atoms with Crippen LogP contribution in [-0.4, -0.2) is 54.6 Å². The molecule has 4 heterocycles. The molecule has 1 aliphatic heterocycles. The van der Waals surface area contributed by atoms with Crippen molar-refractivity contribution in [1.29, 1.82) is 5.26 Å². The number of fused-ring (bicyclic) bond motifs is 1. The third-order valence-electron chi connectivity index (χ3n) is 6.39. The van der Waals surface area contributed by atoms with Crippen LogP contribution in [-0.2, 0) is 11.3 Å². The third-order valence-corrected chi connectivity index (χ3v) is 7.52. The van der Waals surface area contributed by atoms with Crippen LogP contribution in [0.3, 0.4) is 0 Å². The van der Waals surface area contributed by atoms with Gasteiger partial charge in [-0.25, -0.2) is 4.98 Å². The molecule has 3 aromatic heterocycles. The van der Waals surface area contributed by atoms with Gasteiger partial charge in [-0.1, -0.05) is 12.1 Å². The number of thiophene rings is 1. The number of nitriles is 1. The average molecular weight is 529 g/mol. The Morgan fingerprint density at radius 1 is 1.32 bits per heavy atom. The lowest BCUT2D eigenvalue weighted by Gasteiger charge is -2.26. The largest absolute Gasteiger partial charge is 0.333 e. The quantitative estimate of drug-likeness (QED) is 0.245. The number of likely N-dealkylation sites (tertiary alicyclic amines) is 1. The van der Waals surface area contributed by atoms with E-state index in [-0.39, 0.29) is 23.4 Å². The second kappa shape index (κ2) is 10.2. The Kier molecular flexibility index (Phi) is 6.84. The van der Waals surface area contributed by atoms with Gasteiger partial charge >= 0.3 is 0 Å². The van der Waals surface area contributed by atoms with Gasteiger partial charge in [-0.2, -0.15) is 10.4 Å². The molecular formula is C27H28N8O2S. The fourth-order valence-electron chi connectivity index (χ4n) is 4.69. The van der Waals surface area contributed by atoms with Crippen molar-refractivity contribution >= 4 is 40.1 Å². The van der Waals surface area contributed by atoms with Gasteiger partial charge in [0.1, 0.15) is 11.6 Å². The lowest BCUT2D eigenvalue weighted by Crippen LogP contribution is -2.40. The number of amides is 2. The van der Waals surface area contributed by atoms with E-state index in [1.54, 1.807) is 37.2 Å². The van der Waals surface area contributed by atoms with Gasteiger partial charge in [0.05, 0.1) is 28.1 Å². The zero-order valence-electron chi connectivity index (χ0n) is 21.1. The van der Waals surface area contributed by atoms with Crippen LogP contribution in [0.4, 0.5) is 5.95 Å². The first kappa shape index (κ1) is 25.4. The van der Waals surface area contributed by atoms with Crippen LogP contribution >= 0.6 is 11.3 Å². The van der Waals surface area contributed by atoms with Gasteiger partial charge < -0.3 is 15.2 Å². The Bertz CT molecular complexity index is 1550. The van der Waals surface area contributed by atoms with E-state index in [9.17, 15) is 14.9 Å². The van der Waals surface area contributed by atoms with Crippen LogP contribution in [0.15, 0.2) is 60.4 Å². The number of nitrogens with zero attached hydrogens (tertiary/aromatic N) is 5. The maximum Gasteiger partial charge on any atom is 0.268 e. The number of nitrogens with two attached hydrogens (primary N) is 1. The highest BCUT2D eigenvalue weighted by Gasteiger charge is 2.32. The molecule has 5 rings (SSSR count). The summed E-state index contributed by atoms with van der Waals surface area (Å²) in [6, 6.07) is 13.2. The summed E-state index contributed by atoms with van der Waals surface area (Å²) in [5.41, 5.74) is 7.81. The summed E-state index contributed by atoms with van der Waals surface area (Å²) in [7, 11) is 0. The molecule has 2 amide bonds. The van der Waals surface area contributed by atoms with E-state index in [1.807, 2.05) is 41.0 Å². The molecular weight excluding hydrogens is 500 g/mol. The van der Waals surface area contributed by atoms with Crippen LogP contribution in [0.2, 0.25) is 0 Å². The number of benzene rings is 1. The second-order valence-corrected chi connectivity index (χ2v) is 11.0. The molecule has 38 heavy (non-hydrogen) atoms. The van der Waals surface area contributed by atoms with Crippen molar-refractivity contribution < 1.29 is 9.59 Å². The molecule has 0 unspecified atom stereocenters. The van der Waals surface area contributed by atoms with Crippen molar-refractivity contribution in [3.05, 3.63) is 65.3 Å². The minimum Gasteiger partial charge on any atom is -0.333 e. The first-order valence-electron chi connectivity index (χ1n) is 12.3. The number of carbonyl (C=O) groups excluding carboxylic acids is 2. The van der Waals surface area contributed by atoms with Crippen LogP contribution in [0.1, 0.15) is 36.4 Å². The van der Waals surface area contributed by atoms with Crippen molar-refractivity contribution in [2.45, 2.75) is 44.8 Å². The predicted molar refractivity (Wildman–Crippen MR) is 146 cm³/mol. The maximum atomic E-state index is 13.3. The van der Waals surface area contributed by atoms with E-state index in [1.165, 1.54) is 17.4 Å². The second-order valence-electron chi connectivity index (χ2n) is 9.93.